The standard InChI is InChI=1S/C19H23N7O2/c27-15-23-7-9-25(10-8-23)18(28)16-4-6-21-19(22-16)26-13-11-24(12-14-26)17-3-1-2-5-20-17/h1-6,15H,7-14H2. The summed E-state index contributed by atoms with van der Waals surface area (Å²) in [6.45, 7) is 5.36. The number of carbonyl (C=O) groups is 2. The van der Waals surface area contributed by atoms with Gasteiger partial charge < -0.3 is 19.6 Å². The van der Waals surface area contributed by atoms with Crippen LogP contribution in [0.4, 0.5) is 11.8 Å². The average Bonchev–Trinajstić information content (AvgIpc) is 2.79. The molecular weight excluding hydrogens is 358 g/mol. The Hall–Kier alpha value is -3.23. The first-order valence-corrected chi connectivity index (χ1v) is 9.47. The van der Waals surface area contributed by atoms with Crippen LogP contribution in [0.25, 0.3) is 0 Å². The summed E-state index contributed by atoms with van der Waals surface area (Å²) in [5, 5.41) is 0. The summed E-state index contributed by atoms with van der Waals surface area (Å²) in [6, 6.07) is 7.56. The number of anilines is 2. The molecule has 2 aromatic rings. The molecule has 0 N–H and O–H groups in total. The molecule has 9 heteroatoms. The van der Waals surface area contributed by atoms with Crippen LogP contribution in [0, 0.1) is 0 Å². The third-order valence-corrected chi connectivity index (χ3v) is 5.15. The van der Waals surface area contributed by atoms with Gasteiger partial charge in [-0.2, -0.15) is 0 Å². The van der Waals surface area contributed by atoms with E-state index in [2.05, 4.69) is 24.8 Å². The molecule has 2 aromatic heterocycles. The van der Waals surface area contributed by atoms with Crippen molar-refractivity contribution in [2.45, 2.75) is 0 Å². The predicted octanol–water partition coefficient (Wildman–Crippen LogP) is 0.112. The van der Waals surface area contributed by atoms with Gasteiger partial charge in [0.2, 0.25) is 12.4 Å². The molecule has 0 unspecified atom stereocenters. The highest BCUT2D eigenvalue weighted by Gasteiger charge is 2.24. The number of hydrogen-bond donors (Lipinski definition) is 0. The summed E-state index contributed by atoms with van der Waals surface area (Å²) in [4.78, 5) is 44.6. The minimum Gasteiger partial charge on any atom is -0.353 e. The van der Waals surface area contributed by atoms with Gasteiger partial charge in [-0.05, 0) is 18.2 Å². The van der Waals surface area contributed by atoms with Gasteiger partial charge in [0.15, 0.2) is 0 Å². The van der Waals surface area contributed by atoms with Crippen molar-refractivity contribution < 1.29 is 9.59 Å². The summed E-state index contributed by atoms with van der Waals surface area (Å²) < 4.78 is 0. The molecule has 4 rings (SSSR count). The van der Waals surface area contributed by atoms with E-state index in [-0.39, 0.29) is 5.91 Å². The van der Waals surface area contributed by atoms with Crippen molar-refractivity contribution in [2.75, 3.05) is 62.2 Å². The molecule has 9 nitrogen and oxygen atoms in total. The van der Waals surface area contributed by atoms with Gasteiger partial charge in [0.1, 0.15) is 11.5 Å². The Morgan fingerprint density at radius 1 is 0.857 bits per heavy atom. The van der Waals surface area contributed by atoms with Crippen LogP contribution in [0.1, 0.15) is 10.5 Å². The molecule has 28 heavy (non-hydrogen) atoms. The SMILES string of the molecule is O=CN1CCN(C(=O)c2ccnc(N3CCN(c4ccccn4)CC3)n2)CC1. The van der Waals surface area contributed by atoms with E-state index >= 15 is 0 Å². The van der Waals surface area contributed by atoms with Crippen molar-refractivity contribution in [2.24, 2.45) is 0 Å². The second kappa shape index (κ2) is 8.20. The molecule has 0 spiro atoms. The molecule has 146 valence electrons. The van der Waals surface area contributed by atoms with E-state index in [9.17, 15) is 9.59 Å². The number of hydrogen-bond acceptors (Lipinski definition) is 7. The summed E-state index contributed by atoms with van der Waals surface area (Å²) in [5.74, 6) is 1.45. The number of aromatic nitrogens is 3. The Labute approximate surface area is 163 Å². The quantitative estimate of drug-likeness (QED) is 0.695. The Morgan fingerprint density at radius 2 is 1.61 bits per heavy atom. The second-order valence-corrected chi connectivity index (χ2v) is 6.84. The number of rotatable bonds is 4. The molecular formula is C19H23N7O2. The highest BCUT2D eigenvalue weighted by Crippen LogP contribution is 2.16. The number of nitrogens with zero attached hydrogens (tertiary/aromatic N) is 7. The van der Waals surface area contributed by atoms with Gasteiger partial charge in [-0.3, -0.25) is 9.59 Å². The van der Waals surface area contributed by atoms with Gasteiger partial charge >= 0.3 is 0 Å². The fraction of sp³-hybridized carbons (Fsp3) is 0.421. The lowest BCUT2D eigenvalue weighted by atomic mass is 10.2. The molecule has 2 aliphatic heterocycles. The monoisotopic (exact) mass is 381 g/mol. The third-order valence-electron chi connectivity index (χ3n) is 5.15. The van der Waals surface area contributed by atoms with Crippen LogP contribution in [0.5, 0.6) is 0 Å². The van der Waals surface area contributed by atoms with E-state index < -0.39 is 0 Å². The normalized spacial score (nSPS) is 17.6. The maximum absolute atomic E-state index is 12.8. The van der Waals surface area contributed by atoms with Crippen LogP contribution in [-0.2, 0) is 4.79 Å². The van der Waals surface area contributed by atoms with Crippen molar-refractivity contribution in [3.8, 4) is 0 Å². The van der Waals surface area contributed by atoms with Crippen molar-refractivity contribution in [1.82, 2.24) is 24.8 Å². The zero-order valence-electron chi connectivity index (χ0n) is 15.6. The first-order chi connectivity index (χ1) is 13.7. The van der Waals surface area contributed by atoms with Crippen molar-refractivity contribution in [1.29, 1.82) is 0 Å². The van der Waals surface area contributed by atoms with E-state index in [4.69, 9.17) is 0 Å². The predicted molar refractivity (Wildman–Crippen MR) is 104 cm³/mol. The summed E-state index contributed by atoms with van der Waals surface area (Å²) in [6.07, 6.45) is 4.27. The van der Waals surface area contributed by atoms with Gasteiger partial charge in [-0.25, -0.2) is 15.0 Å². The van der Waals surface area contributed by atoms with E-state index in [1.54, 1.807) is 28.3 Å². The van der Waals surface area contributed by atoms with Gasteiger partial charge in [-0.1, -0.05) is 6.07 Å². The Bertz CT molecular complexity index is 816. The largest absolute Gasteiger partial charge is 0.353 e. The molecule has 0 atom stereocenters. The van der Waals surface area contributed by atoms with Gasteiger partial charge in [0, 0.05) is 64.8 Å². The second-order valence-electron chi connectivity index (χ2n) is 6.84. The average molecular weight is 381 g/mol. The molecule has 2 amide bonds. The summed E-state index contributed by atoms with van der Waals surface area (Å²) in [7, 11) is 0. The van der Waals surface area contributed by atoms with E-state index in [1.165, 1.54) is 0 Å². The first kappa shape index (κ1) is 18.1. The molecule has 0 saturated carbocycles. The van der Waals surface area contributed by atoms with Crippen molar-refractivity contribution in [3.63, 3.8) is 0 Å². The van der Waals surface area contributed by atoms with Gasteiger partial charge in [0.25, 0.3) is 5.91 Å². The van der Waals surface area contributed by atoms with Crippen LogP contribution in [0.2, 0.25) is 0 Å². The molecule has 0 bridgehead atoms. The maximum atomic E-state index is 12.8. The highest BCUT2D eigenvalue weighted by atomic mass is 16.2. The molecule has 2 fully saturated rings. The summed E-state index contributed by atoms with van der Waals surface area (Å²) in [5.41, 5.74) is 0.400. The van der Waals surface area contributed by atoms with Crippen LogP contribution in [0.3, 0.4) is 0 Å². The van der Waals surface area contributed by atoms with Gasteiger partial charge in [-0.15, -0.1) is 0 Å². The molecule has 2 saturated heterocycles. The first-order valence-electron chi connectivity index (χ1n) is 9.47. The number of amides is 2. The van der Waals surface area contributed by atoms with Crippen molar-refractivity contribution >= 4 is 24.1 Å². The molecule has 2 aliphatic rings. The Morgan fingerprint density at radius 3 is 2.29 bits per heavy atom. The van der Waals surface area contributed by atoms with E-state index in [0.717, 1.165) is 38.4 Å². The lowest BCUT2D eigenvalue weighted by molar-refractivity contribution is -0.119. The zero-order valence-corrected chi connectivity index (χ0v) is 15.6. The van der Waals surface area contributed by atoms with E-state index in [0.29, 0.717) is 37.8 Å². The van der Waals surface area contributed by atoms with Gasteiger partial charge in [0.05, 0.1) is 0 Å². The molecule has 0 aliphatic carbocycles. The van der Waals surface area contributed by atoms with Crippen LogP contribution >= 0.6 is 0 Å². The number of pyridine rings is 1. The Kier molecular flexibility index (Phi) is 5.31. The maximum Gasteiger partial charge on any atom is 0.272 e. The topological polar surface area (TPSA) is 85.8 Å². The number of piperazine rings is 2. The molecule has 0 aromatic carbocycles. The zero-order chi connectivity index (χ0) is 19.3. The van der Waals surface area contributed by atoms with Crippen molar-refractivity contribution in [3.05, 3.63) is 42.4 Å². The van der Waals surface area contributed by atoms with Crippen LogP contribution < -0.4 is 9.80 Å². The van der Waals surface area contributed by atoms with E-state index in [1.807, 2.05) is 18.2 Å². The fourth-order valence-corrected chi connectivity index (χ4v) is 3.49. The fourth-order valence-electron chi connectivity index (χ4n) is 3.49. The Balaban J connectivity index is 1.39. The molecule has 0 radical (unpaired) electrons. The molecule has 4 heterocycles. The lowest BCUT2D eigenvalue weighted by Gasteiger charge is -2.35. The van der Waals surface area contributed by atoms with Crippen LogP contribution in [0.15, 0.2) is 36.7 Å². The number of carbonyl (C=O) groups excluding carboxylic acids is 2. The minimum absolute atomic E-state index is 0.110. The lowest BCUT2D eigenvalue weighted by Crippen LogP contribution is -2.49. The summed E-state index contributed by atoms with van der Waals surface area (Å²) >= 11 is 0. The minimum atomic E-state index is -0.110. The smallest absolute Gasteiger partial charge is 0.272 e. The van der Waals surface area contributed by atoms with Crippen LogP contribution in [-0.4, -0.2) is 89.4 Å². The third kappa shape index (κ3) is 3.88. The highest BCUT2D eigenvalue weighted by molar-refractivity contribution is 5.92.